The van der Waals surface area contributed by atoms with Gasteiger partial charge in [-0.15, -0.1) is 11.3 Å². The molecule has 0 aromatic carbocycles. The number of aromatic nitrogens is 1. The maximum absolute atomic E-state index is 5.22. The Bertz CT molecular complexity index is 414. The molecule has 2 atom stereocenters. The molecule has 0 spiro atoms. The van der Waals surface area contributed by atoms with Crippen molar-refractivity contribution in [2.45, 2.75) is 52.5 Å². The Balaban J connectivity index is 2.27. The molecule has 1 aromatic heterocycles. The standard InChI is InChI=1S/C16H28N2OS/c1-11-8-12(2)10-16(9-11,17-6-7-19-5)15-18-13(3)14(4)20-15/h11-12,17H,6-10H2,1-5H3. The number of nitrogens with zero attached hydrogens (tertiary/aromatic N) is 1. The molecule has 0 saturated heterocycles. The van der Waals surface area contributed by atoms with Gasteiger partial charge in [0.1, 0.15) is 5.01 Å². The summed E-state index contributed by atoms with van der Waals surface area (Å²) in [4.78, 5) is 6.22. The summed E-state index contributed by atoms with van der Waals surface area (Å²) in [7, 11) is 1.76. The number of ether oxygens (including phenoxy) is 1. The lowest BCUT2D eigenvalue weighted by molar-refractivity contribution is 0.123. The molecule has 4 heteroatoms. The fourth-order valence-electron chi connectivity index (χ4n) is 3.59. The van der Waals surface area contributed by atoms with Crippen LogP contribution in [-0.2, 0) is 10.3 Å². The third kappa shape index (κ3) is 3.41. The Morgan fingerprint density at radius 3 is 2.45 bits per heavy atom. The summed E-state index contributed by atoms with van der Waals surface area (Å²) < 4.78 is 5.22. The van der Waals surface area contributed by atoms with Crippen molar-refractivity contribution < 1.29 is 4.74 Å². The van der Waals surface area contributed by atoms with Gasteiger partial charge in [0.05, 0.1) is 17.8 Å². The number of aryl methyl sites for hydroxylation is 2. The Morgan fingerprint density at radius 2 is 1.95 bits per heavy atom. The zero-order valence-corrected chi connectivity index (χ0v) is 14.3. The van der Waals surface area contributed by atoms with E-state index >= 15 is 0 Å². The molecule has 1 aliphatic rings. The van der Waals surface area contributed by atoms with Crippen molar-refractivity contribution in [1.82, 2.24) is 10.3 Å². The van der Waals surface area contributed by atoms with Crippen LogP contribution in [0.3, 0.4) is 0 Å². The normalized spacial score (nSPS) is 30.6. The van der Waals surface area contributed by atoms with Crippen molar-refractivity contribution in [3.8, 4) is 0 Å². The van der Waals surface area contributed by atoms with Gasteiger partial charge in [-0.1, -0.05) is 13.8 Å². The molecule has 0 bridgehead atoms. The summed E-state index contributed by atoms with van der Waals surface area (Å²) in [5.41, 5.74) is 1.24. The molecular weight excluding hydrogens is 268 g/mol. The molecule has 0 amide bonds. The van der Waals surface area contributed by atoms with Gasteiger partial charge in [0.2, 0.25) is 0 Å². The molecule has 1 aromatic rings. The SMILES string of the molecule is COCCNC1(c2nc(C)c(C)s2)CC(C)CC(C)C1. The van der Waals surface area contributed by atoms with Crippen molar-refractivity contribution >= 4 is 11.3 Å². The van der Waals surface area contributed by atoms with Gasteiger partial charge in [-0.05, 0) is 44.9 Å². The van der Waals surface area contributed by atoms with E-state index in [1.54, 1.807) is 7.11 Å². The minimum absolute atomic E-state index is 0.0549. The zero-order valence-electron chi connectivity index (χ0n) is 13.5. The molecule has 1 fully saturated rings. The minimum Gasteiger partial charge on any atom is -0.383 e. The molecule has 1 aliphatic carbocycles. The average Bonchev–Trinajstić information content (AvgIpc) is 2.69. The molecule has 2 rings (SSSR count). The fraction of sp³-hybridized carbons (Fsp3) is 0.812. The van der Waals surface area contributed by atoms with Crippen molar-refractivity contribution in [3.05, 3.63) is 15.6 Å². The van der Waals surface area contributed by atoms with Crippen LogP contribution in [0.4, 0.5) is 0 Å². The second kappa shape index (κ2) is 6.54. The average molecular weight is 296 g/mol. The third-order valence-electron chi connectivity index (χ3n) is 4.41. The molecule has 0 radical (unpaired) electrons. The highest BCUT2D eigenvalue weighted by Crippen LogP contribution is 2.44. The number of methoxy groups -OCH3 is 1. The number of hydrogen-bond donors (Lipinski definition) is 1. The van der Waals surface area contributed by atoms with Crippen LogP contribution in [0.5, 0.6) is 0 Å². The largest absolute Gasteiger partial charge is 0.383 e. The molecule has 1 saturated carbocycles. The first-order valence-electron chi connectivity index (χ1n) is 7.65. The van der Waals surface area contributed by atoms with E-state index in [1.165, 1.54) is 34.8 Å². The highest BCUT2D eigenvalue weighted by atomic mass is 32.1. The van der Waals surface area contributed by atoms with Crippen LogP contribution in [0.25, 0.3) is 0 Å². The van der Waals surface area contributed by atoms with Crippen LogP contribution in [-0.4, -0.2) is 25.2 Å². The van der Waals surface area contributed by atoms with Gasteiger partial charge in [0.15, 0.2) is 0 Å². The molecule has 3 nitrogen and oxygen atoms in total. The van der Waals surface area contributed by atoms with Crippen LogP contribution in [0.2, 0.25) is 0 Å². The maximum Gasteiger partial charge on any atom is 0.113 e. The lowest BCUT2D eigenvalue weighted by atomic mass is 9.72. The number of rotatable bonds is 5. The predicted molar refractivity (Wildman–Crippen MR) is 85.3 cm³/mol. The van der Waals surface area contributed by atoms with Gasteiger partial charge < -0.3 is 10.1 Å². The van der Waals surface area contributed by atoms with Gasteiger partial charge in [0.25, 0.3) is 0 Å². The lowest BCUT2D eigenvalue weighted by Gasteiger charge is -2.42. The minimum atomic E-state index is 0.0549. The van der Waals surface area contributed by atoms with Crippen molar-refractivity contribution in [2.24, 2.45) is 11.8 Å². The lowest BCUT2D eigenvalue weighted by Crippen LogP contribution is -2.48. The Kier molecular flexibility index (Phi) is 5.21. The summed E-state index contributed by atoms with van der Waals surface area (Å²) in [6, 6.07) is 0. The predicted octanol–water partition coefficient (Wildman–Crippen LogP) is 3.65. The smallest absolute Gasteiger partial charge is 0.113 e. The van der Waals surface area contributed by atoms with Gasteiger partial charge in [-0.2, -0.15) is 0 Å². The van der Waals surface area contributed by atoms with E-state index in [9.17, 15) is 0 Å². The third-order valence-corrected chi connectivity index (χ3v) is 5.68. The molecule has 114 valence electrons. The summed E-state index contributed by atoms with van der Waals surface area (Å²) in [5, 5.41) is 5.06. The number of nitrogens with one attached hydrogen (secondary N) is 1. The maximum atomic E-state index is 5.22. The molecule has 0 aliphatic heterocycles. The fourth-order valence-corrected chi connectivity index (χ4v) is 4.69. The van der Waals surface area contributed by atoms with Crippen molar-refractivity contribution in [3.63, 3.8) is 0 Å². The highest BCUT2D eigenvalue weighted by Gasteiger charge is 2.41. The molecular formula is C16H28N2OS. The van der Waals surface area contributed by atoms with Crippen LogP contribution >= 0.6 is 11.3 Å². The van der Waals surface area contributed by atoms with Gasteiger partial charge in [-0.3, -0.25) is 0 Å². The molecule has 1 N–H and O–H groups in total. The van der Waals surface area contributed by atoms with E-state index in [0.717, 1.165) is 25.0 Å². The van der Waals surface area contributed by atoms with Crippen LogP contribution < -0.4 is 5.32 Å². The molecule has 1 heterocycles. The van der Waals surface area contributed by atoms with E-state index in [4.69, 9.17) is 9.72 Å². The van der Waals surface area contributed by atoms with E-state index < -0.39 is 0 Å². The second-order valence-corrected chi connectivity index (χ2v) is 7.72. The number of thiazole rings is 1. The van der Waals surface area contributed by atoms with Crippen LogP contribution in [0.15, 0.2) is 0 Å². The summed E-state index contributed by atoms with van der Waals surface area (Å²) in [6.07, 6.45) is 3.71. The Morgan fingerprint density at radius 1 is 1.30 bits per heavy atom. The highest BCUT2D eigenvalue weighted by molar-refractivity contribution is 7.11. The van der Waals surface area contributed by atoms with Crippen LogP contribution in [0, 0.1) is 25.7 Å². The van der Waals surface area contributed by atoms with Crippen molar-refractivity contribution in [1.29, 1.82) is 0 Å². The van der Waals surface area contributed by atoms with Gasteiger partial charge in [-0.25, -0.2) is 4.98 Å². The van der Waals surface area contributed by atoms with E-state index in [0.29, 0.717) is 0 Å². The Hall–Kier alpha value is -0.450. The Labute approximate surface area is 127 Å². The molecule has 2 unspecified atom stereocenters. The summed E-state index contributed by atoms with van der Waals surface area (Å²) in [5.74, 6) is 1.50. The van der Waals surface area contributed by atoms with Gasteiger partial charge >= 0.3 is 0 Å². The summed E-state index contributed by atoms with van der Waals surface area (Å²) >= 11 is 1.87. The first kappa shape index (κ1) is 15.9. The first-order chi connectivity index (χ1) is 9.47. The van der Waals surface area contributed by atoms with E-state index in [-0.39, 0.29) is 5.54 Å². The number of hydrogen-bond acceptors (Lipinski definition) is 4. The summed E-state index contributed by atoms with van der Waals surface area (Å²) in [6.45, 7) is 10.7. The zero-order chi connectivity index (χ0) is 14.8. The first-order valence-corrected chi connectivity index (χ1v) is 8.47. The van der Waals surface area contributed by atoms with Gasteiger partial charge in [0, 0.05) is 18.5 Å². The topological polar surface area (TPSA) is 34.1 Å². The monoisotopic (exact) mass is 296 g/mol. The van der Waals surface area contributed by atoms with E-state index in [2.05, 4.69) is 33.0 Å². The quantitative estimate of drug-likeness (QED) is 0.842. The van der Waals surface area contributed by atoms with Crippen LogP contribution in [0.1, 0.15) is 48.7 Å². The van der Waals surface area contributed by atoms with Crippen molar-refractivity contribution in [2.75, 3.05) is 20.3 Å². The second-order valence-electron chi connectivity index (χ2n) is 6.52. The van der Waals surface area contributed by atoms with E-state index in [1.807, 2.05) is 11.3 Å². The molecule has 20 heavy (non-hydrogen) atoms.